The summed E-state index contributed by atoms with van der Waals surface area (Å²) in [4.78, 5) is 4.76. The number of ether oxygens (including phenoxy) is 1. The van der Waals surface area contributed by atoms with Crippen molar-refractivity contribution in [3.63, 3.8) is 0 Å². The molecule has 2 N–H and O–H groups in total. The molecule has 0 radical (unpaired) electrons. The summed E-state index contributed by atoms with van der Waals surface area (Å²) in [6.45, 7) is 4.26. The number of rotatable bonds is 3. The molecule has 0 bridgehead atoms. The van der Waals surface area contributed by atoms with Crippen LogP contribution in [0, 0.1) is 17.1 Å². The first kappa shape index (κ1) is 15.6. The fraction of sp³-hybridized carbons (Fsp3) is 0.600. The SMILES string of the molecule is CC/C(C)=C1\N=C(C2CCCB(C#N)C2)C=C(OC)N1N. The number of nitrogens with zero attached hydrogens (tertiary/aromatic N) is 3. The zero-order chi connectivity index (χ0) is 15.4. The third-order valence-corrected chi connectivity index (χ3v) is 4.37. The van der Waals surface area contributed by atoms with E-state index in [-0.39, 0.29) is 6.71 Å². The van der Waals surface area contributed by atoms with E-state index < -0.39 is 0 Å². The molecule has 0 spiro atoms. The highest BCUT2D eigenvalue weighted by Crippen LogP contribution is 2.31. The van der Waals surface area contributed by atoms with E-state index in [0.29, 0.717) is 11.8 Å². The average molecular weight is 286 g/mol. The van der Waals surface area contributed by atoms with Crippen LogP contribution < -0.4 is 5.84 Å². The number of hydrogen-bond donors (Lipinski definition) is 1. The third-order valence-electron chi connectivity index (χ3n) is 4.37. The largest absolute Gasteiger partial charge is 0.481 e. The highest BCUT2D eigenvalue weighted by molar-refractivity contribution is 6.67. The summed E-state index contributed by atoms with van der Waals surface area (Å²) in [7, 11) is 1.62. The minimum absolute atomic E-state index is 0.140. The molecule has 6 heteroatoms. The smallest absolute Gasteiger partial charge is 0.268 e. The Morgan fingerprint density at radius 3 is 3.05 bits per heavy atom. The molecule has 112 valence electrons. The molecule has 1 fully saturated rings. The van der Waals surface area contributed by atoms with Gasteiger partial charge in [0, 0.05) is 12.0 Å². The first-order valence-electron chi connectivity index (χ1n) is 7.59. The minimum Gasteiger partial charge on any atom is -0.481 e. The predicted octanol–water partition coefficient (Wildman–Crippen LogP) is 2.71. The summed E-state index contributed by atoms with van der Waals surface area (Å²) in [5.74, 6) is 10.2. The summed E-state index contributed by atoms with van der Waals surface area (Å²) in [6, 6.07) is 0. The molecule has 5 nitrogen and oxygen atoms in total. The molecule has 2 heterocycles. The molecule has 0 aromatic heterocycles. The Bertz CT molecular complexity index is 532. The zero-order valence-corrected chi connectivity index (χ0v) is 13.1. The maximum atomic E-state index is 9.16. The molecule has 0 aliphatic carbocycles. The molecule has 21 heavy (non-hydrogen) atoms. The van der Waals surface area contributed by atoms with E-state index in [1.807, 2.05) is 13.0 Å². The summed E-state index contributed by atoms with van der Waals surface area (Å²) in [6.07, 6.45) is 6.84. The lowest BCUT2D eigenvalue weighted by Gasteiger charge is -2.30. The van der Waals surface area contributed by atoms with Crippen molar-refractivity contribution in [2.75, 3.05) is 7.11 Å². The molecule has 2 aliphatic rings. The van der Waals surface area contributed by atoms with Crippen molar-refractivity contribution in [3.05, 3.63) is 23.4 Å². The summed E-state index contributed by atoms with van der Waals surface area (Å²) in [5.41, 5.74) is 2.13. The Morgan fingerprint density at radius 2 is 2.43 bits per heavy atom. The fourth-order valence-corrected chi connectivity index (χ4v) is 2.91. The number of aliphatic imine (C=N–C) groups is 1. The molecule has 1 saturated heterocycles. The quantitative estimate of drug-likeness (QED) is 0.639. The lowest BCUT2D eigenvalue weighted by Crippen LogP contribution is -2.36. The van der Waals surface area contributed by atoms with Gasteiger partial charge in [-0.2, -0.15) is 0 Å². The monoisotopic (exact) mass is 286 g/mol. The van der Waals surface area contributed by atoms with Gasteiger partial charge in [-0.15, -0.1) is 0 Å². The van der Waals surface area contributed by atoms with Crippen molar-refractivity contribution in [1.82, 2.24) is 5.01 Å². The number of hydrazine groups is 1. The number of nitriles is 1. The lowest BCUT2D eigenvalue weighted by atomic mass is 9.40. The van der Waals surface area contributed by atoms with Gasteiger partial charge in [0.15, 0.2) is 0 Å². The second-order valence-electron chi connectivity index (χ2n) is 5.74. The van der Waals surface area contributed by atoms with E-state index in [9.17, 15) is 0 Å². The lowest BCUT2D eigenvalue weighted by molar-refractivity contribution is 0.176. The second-order valence-corrected chi connectivity index (χ2v) is 5.74. The maximum Gasteiger partial charge on any atom is 0.268 e. The van der Waals surface area contributed by atoms with Gasteiger partial charge in [0.25, 0.3) is 6.71 Å². The van der Waals surface area contributed by atoms with Gasteiger partial charge in [-0.3, -0.25) is 0 Å². The molecule has 0 aromatic rings. The van der Waals surface area contributed by atoms with Crippen molar-refractivity contribution in [1.29, 1.82) is 5.26 Å². The normalized spacial score (nSPS) is 25.0. The predicted molar refractivity (Wildman–Crippen MR) is 85.2 cm³/mol. The molecule has 1 atom stereocenters. The van der Waals surface area contributed by atoms with Crippen LogP contribution in [0.1, 0.15) is 33.1 Å². The number of hydrogen-bond acceptors (Lipinski definition) is 5. The summed E-state index contributed by atoms with van der Waals surface area (Å²) >= 11 is 0. The van der Waals surface area contributed by atoms with Gasteiger partial charge in [0.2, 0.25) is 5.88 Å². The summed E-state index contributed by atoms with van der Waals surface area (Å²) < 4.78 is 5.38. The Balaban J connectivity index is 2.33. The van der Waals surface area contributed by atoms with E-state index in [1.54, 1.807) is 7.11 Å². The van der Waals surface area contributed by atoms with E-state index >= 15 is 0 Å². The highest BCUT2D eigenvalue weighted by atomic mass is 16.5. The van der Waals surface area contributed by atoms with Crippen LogP contribution >= 0.6 is 0 Å². The van der Waals surface area contributed by atoms with E-state index in [2.05, 4.69) is 12.9 Å². The van der Waals surface area contributed by atoms with Crippen LogP contribution in [0.2, 0.25) is 12.6 Å². The van der Waals surface area contributed by atoms with Gasteiger partial charge in [-0.05, 0) is 31.3 Å². The molecular formula is C15H23BN4O. The first-order valence-corrected chi connectivity index (χ1v) is 7.59. The van der Waals surface area contributed by atoms with Crippen LogP contribution in [0.4, 0.5) is 0 Å². The van der Waals surface area contributed by atoms with Crippen LogP contribution in [0.5, 0.6) is 0 Å². The van der Waals surface area contributed by atoms with Gasteiger partial charge in [-0.1, -0.05) is 26.0 Å². The molecule has 0 amide bonds. The maximum absolute atomic E-state index is 9.16. The van der Waals surface area contributed by atoms with Gasteiger partial charge in [-0.25, -0.2) is 21.1 Å². The van der Waals surface area contributed by atoms with Crippen LogP contribution in [-0.4, -0.2) is 24.5 Å². The van der Waals surface area contributed by atoms with Gasteiger partial charge >= 0.3 is 0 Å². The highest BCUT2D eigenvalue weighted by Gasteiger charge is 2.31. The van der Waals surface area contributed by atoms with Crippen molar-refractivity contribution < 1.29 is 4.74 Å². The molecule has 0 aromatic carbocycles. The average Bonchev–Trinajstić information content (AvgIpc) is 2.54. The van der Waals surface area contributed by atoms with Crippen LogP contribution in [0.3, 0.4) is 0 Å². The molecule has 2 rings (SSSR count). The van der Waals surface area contributed by atoms with Crippen LogP contribution in [-0.2, 0) is 4.74 Å². The van der Waals surface area contributed by atoms with Crippen molar-refractivity contribution >= 4 is 12.4 Å². The Hall–Kier alpha value is -1.74. The van der Waals surface area contributed by atoms with E-state index in [0.717, 1.165) is 49.0 Å². The topological polar surface area (TPSA) is 74.6 Å². The molecule has 1 unspecified atom stereocenters. The Kier molecular flexibility index (Phi) is 5.08. The van der Waals surface area contributed by atoms with Gasteiger partial charge in [0.05, 0.1) is 12.8 Å². The van der Waals surface area contributed by atoms with E-state index in [4.69, 9.17) is 20.8 Å². The van der Waals surface area contributed by atoms with E-state index in [1.165, 1.54) is 5.01 Å². The molecular weight excluding hydrogens is 263 g/mol. The zero-order valence-electron chi connectivity index (χ0n) is 13.1. The summed E-state index contributed by atoms with van der Waals surface area (Å²) in [5, 5.41) is 10.7. The number of methoxy groups -OCH3 is 1. The molecule has 0 saturated carbocycles. The van der Waals surface area contributed by atoms with Crippen molar-refractivity contribution in [3.8, 4) is 5.97 Å². The standard InChI is InChI=1S/C15H23BN4O/c1-4-11(2)15-19-13(8-14(21-3)20(15)18)12-6-5-7-16(9-12)10-17/h8,12H,4-7,9,18H2,1-3H3/b15-11+. The number of nitrogens with two attached hydrogens (primary N) is 1. The van der Waals surface area contributed by atoms with Crippen LogP contribution in [0.25, 0.3) is 0 Å². The minimum atomic E-state index is 0.140. The van der Waals surface area contributed by atoms with Crippen molar-refractivity contribution in [2.45, 2.75) is 45.8 Å². The number of allylic oxidation sites excluding steroid dienone is 2. The first-order chi connectivity index (χ1) is 10.1. The second kappa shape index (κ2) is 6.81. The third kappa shape index (κ3) is 3.30. The van der Waals surface area contributed by atoms with Crippen LogP contribution in [0.15, 0.2) is 28.3 Å². The Morgan fingerprint density at radius 1 is 1.67 bits per heavy atom. The molecule has 2 aliphatic heterocycles. The van der Waals surface area contributed by atoms with Crippen molar-refractivity contribution in [2.24, 2.45) is 16.8 Å². The Labute approximate surface area is 127 Å². The fourth-order valence-electron chi connectivity index (χ4n) is 2.91. The van der Waals surface area contributed by atoms with Gasteiger partial charge in [0.1, 0.15) is 5.82 Å². The van der Waals surface area contributed by atoms with Gasteiger partial charge < -0.3 is 4.74 Å².